The first-order valence-corrected chi connectivity index (χ1v) is 4.03. The first kappa shape index (κ1) is 8.51. The van der Waals surface area contributed by atoms with Gasteiger partial charge in [-0.05, 0) is 32.6 Å². The molecule has 0 aliphatic heterocycles. The topological polar surface area (TPSA) is 0 Å². The molecule has 1 aliphatic carbocycles. The standard InChI is InChI=1S/C10H15F/c1-8(2)5-4-6-9-7-10(9,3)11/h4-5,9H,1,6-7H2,2-3H3/b5-4+. The maximum atomic E-state index is 12.9. The van der Waals surface area contributed by atoms with Crippen LogP contribution < -0.4 is 0 Å². The van der Waals surface area contributed by atoms with Crippen LogP contribution in [0.5, 0.6) is 0 Å². The van der Waals surface area contributed by atoms with Crippen molar-refractivity contribution < 1.29 is 4.39 Å². The van der Waals surface area contributed by atoms with Crippen LogP contribution in [0.2, 0.25) is 0 Å². The van der Waals surface area contributed by atoms with Gasteiger partial charge in [0.25, 0.3) is 0 Å². The lowest BCUT2D eigenvalue weighted by Gasteiger charge is -1.94. The third-order valence-corrected chi connectivity index (χ3v) is 2.16. The van der Waals surface area contributed by atoms with Gasteiger partial charge in [-0.15, -0.1) is 0 Å². The van der Waals surface area contributed by atoms with Crippen LogP contribution in [0.15, 0.2) is 24.3 Å². The van der Waals surface area contributed by atoms with Gasteiger partial charge in [-0.25, -0.2) is 4.39 Å². The van der Waals surface area contributed by atoms with E-state index in [9.17, 15) is 4.39 Å². The average Bonchev–Trinajstić information content (AvgIpc) is 2.39. The van der Waals surface area contributed by atoms with Gasteiger partial charge >= 0.3 is 0 Å². The van der Waals surface area contributed by atoms with Crippen LogP contribution in [0.25, 0.3) is 0 Å². The summed E-state index contributed by atoms with van der Waals surface area (Å²) in [6.45, 7) is 7.34. The highest BCUT2D eigenvalue weighted by Gasteiger charge is 2.49. The molecule has 2 atom stereocenters. The summed E-state index contributed by atoms with van der Waals surface area (Å²) in [7, 11) is 0. The predicted octanol–water partition coefficient (Wildman–Crippen LogP) is 3.26. The molecule has 2 unspecified atom stereocenters. The Balaban J connectivity index is 2.20. The summed E-state index contributed by atoms with van der Waals surface area (Å²) in [4.78, 5) is 0. The van der Waals surface area contributed by atoms with Gasteiger partial charge < -0.3 is 0 Å². The van der Waals surface area contributed by atoms with Gasteiger partial charge in [0.1, 0.15) is 5.67 Å². The van der Waals surface area contributed by atoms with Gasteiger partial charge in [0.2, 0.25) is 0 Å². The molecular weight excluding hydrogens is 139 g/mol. The van der Waals surface area contributed by atoms with Gasteiger partial charge in [0.05, 0.1) is 0 Å². The molecule has 0 nitrogen and oxygen atoms in total. The highest BCUT2D eigenvalue weighted by Crippen LogP contribution is 2.49. The Kier molecular flexibility index (Phi) is 2.17. The lowest BCUT2D eigenvalue weighted by atomic mass is 10.2. The van der Waals surface area contributed by atoms with E-state index in [1.807, 2.05) is 19.1 Å². The Labute approximate surface area is 67.8 Å². The van der Waals surface area contributed by atoms with Gasteiger partial charge in [-0.2, -0.15) is 0 Å². The minimum Gasteiger partial charge on any atom is -0.244 e. The number of alkyl halides is 1. The third-order valence-electron chi connectivity index (χ3n) is 2.16. The van der Waals surface area contributed by atoms with E-state index < -0.39 is 5.67 Å². The number of hydrogen-bond donors (Lipinski definition) is 0. The van der Waals surface area contributed by atoms with Crippen LogP contribution in [0.3, 0.4) is 0 Å². The summed E-state index contributed by atoms with van der Waals surface area (Å²) in [5, 5.41) is 0. The molecule has 0 aromatic heterocycles. The molecule has 1 saturated carbocycles. The van der Waals surface area contributed by atoms with Gasteiger partial charge in [0.15, 0.2) is 0 Å². The van der Waals surface area contributed by atoms with Gasteiger partial charge in [-0.1, -0.05) is 24.3 Å². The van der Waals surface area contributed by atoms with E-state index in [1.165, 1.54) is 0 Å². The van der Waals surface area contributed by atoms with E-state index >= 15 is 0 Å². The zero-order valence-corrected chi connectivity index (χ0v) is 7.23. The summed E-state index contributed by atoms with van der Waals surface area (Å²) >= 11 is 0. The molecule has 0 amide bonds. The van der Waals surface area contributed by atoms with Crippen LogP contribution in [0, 0.1) is 5.92 Å². The van der Waals surface area contributed by atoms with Crippen molar-refractivity contribution in [3.8, 4) is 0 Å². The lowest BCUT2D eigenvalue weighted by molar-refractivity contribution is 0.309. The van der Waals surface area contributed by atoms with E-state index in [4.69, 9.17) is 0 Å². The second-order valence-electron chi connectivity index (χ2n) is 3.66. The molecule has 0 saturated heterocycles. The van der Waals surface area contributed by atoms with E-state index in [0.29, 0.717) is 0 Å². The fourth-order valence-corrected chi connectivity index (χ4v) is 1.19. The molecule has 0 heterocycles. The van der Waals surface area contributed by atoms with Crippen LogP contribution in [0.4, 0.5) is 4.39 Å². The minimum atomic E-state index is -0.876. The van der Waals surface area contributed by atoms with Crippen molar-refractivity contribution in [2.24, 2.45) is 5.92 Å². The number of hydrogen-bond acceptors (Lipinski definition) is 0. The van der Waals surface area contributed by atoms with Crippen LogP contribution in [-0.2, 0) is 0 Å². The van der Waals surface area contributed by atoms with Crippen molar-refractivity contribution in [1.82, 2.24) is 0 Å². The van der Waals surface area contributed by atoms with Crippen LogP contribution >= 0.6 is 0 Å². The fourth-order valence-electron chi connectivity index (χ4n) is 1.19. The largest absolute Gasteiger partial charge is 0.244 e. The van der Waals surface area contributed by atoms with Gasteiger partial charge in [-0.3, -0.25) is 0 Å². The monoisotopic (exact) mass is 154 g/mol. The molecule has 0 N–H and O–H groups in total. The zero-order valence-electron chi connectivity index (χ0n) is 7.23. The molecule has 0 aromatic rings. The summed E-state index contributed by atoms with van der Waals surface area (Å²) in [6, 6.07) is 0. The Morgan fingerprint density at radius 2 is 2.36 bits per heavy atom. The maximum absolute atomic E-state index is 12.9. The Bertz CT molecular complexity index is 189. The minimum absolute atomic E-state index is 0.262. The molecule has 1 heteroatoms. The molecule has 62 valence electrons. The summed E-state index contributed by atoms with van der Waals surface area (Å²) in [6.07, 6.45) is 5.56. The Morgan fingerprint density at radius 3 is 2.73 bits per heavy atom. The van der Waals surface area contributed by atoms with Crippen LogP contribution in [0.1, 0.15) is 26.7 Å². The summed E-state index contributed by atoms with van der Waals surface area (Å²) in [5.74, 6) is 0.262. The summed E-state index contributed by atoms with van der Waals surface area (Å²) < 4.78 is 12.9. The van der Waals surface area contributed by atoms with Crippen molar-refractivity contribution in [2.75, 3.05) is 0 Å². The Hall–Kier alpha value is -0.590. The smallest absolute Gasteiger partial charge is 0.111 e. The lowest BCUT2D eigenvalue weighted by Crippen LogP contribution is -1.93. The molecule has 1 rings (SSSR count). The normalized spacial score (nSPS) is 36.1. The quantitative estimate of drug-likeness (QED) is 0.547. The molecule has 1 aliphatic rings. The molecular formula is C10H15F. The number of rotatable bonds is 3. The van der Waals surface area contributed by atoms with Crippen molar-refractivity contribution >= 4 is 0 Å². The molecule has 0 aromatic carbocycles. The van der Waals surface area contributed by atoms with Crippen molar-refractivity contribution in [3.05, 3.63) is 24.3 Å². The average molecular weight is 154 g/mol. The first-order valence-electron chi connectivity index (χ1n) is 4.03. The van der Waals surface area contributed by atoms with E-state index in [2.05, 4.69) is 6.58 Å². The van der Waals surface area contributed by atoms with E-state index in [0.717, 1.165) is 18.4 Å². The Morgan fingerprint density at radius 1 is 1.82 bits per heavy atom. The first-order chi connectivity index (χ1) is 5.02. The van der Waals surface area contributed by atoms with E-state index in [-0.39, 0.29) is 5.92 Å². The molecule has 0 radical (unpaired) electrons. The SMILES string of the molecule is C=C(C)/C=C/CC1CC1(C)F. The fraction of sp³-hybridized carbons (Fsp3) is 0.600. The molecule has 0 spiro atoms. The van der Waals surface area contributed by atoms with Crippen molar-refractivity contribution in [2.45, 2.75) is 32.4 Å². The molecule has 0 bridgehead atoms. The van der Waals surface area contributed by atoms with Crippen LogP contribution in [-0.4, -0.2) is 5.67 Å². The highest BCUT2D eigenvalue weighted by atomic mass is 19.1. The maximum Gasteiger partial charge on any atom is 0.111 e. The zero-order chi connectivity index (χ0) is 8.48. The second kappa shape index (κ2) is 2.80. The number of halogens is 1. The third kappa shape index (κ3) is 2.49. The number of allylic oxidation sites excluding steroid dienone is 3. The molecule has 1 fully saturated rings. The van der Waals surface area contributed by atoms with Crippen molar-refractivity contribution in [3.63, 3.8) is 0 Å². The second-order valence-corrected chi connectivity index (χ2v) is 3.66. The predicted molar refractivity (Wildman–Crippen MR) is 46.2 cm³/mol. The molecule has 11 heavy (non-hydrogen) atoms. The highest BCUT2D eigenvalue weighted by molar-refractivity contribution is 5.13. The summed E-state index contributed by atoms with van der Waals surface area (Å²) in [5.41, 5.74) is 0.158. The van der Waals surface area contributed by atoms with E-state index in [1.54, 1.807) is 6.92 Å². The van der Waals surface area contributed by atoms with Crippen molar-refractivity contribution in [1.29, 1.82) is 0 Å². The van der Waals surface area contributed by atoms with Gasteiger partial charge in [0, 0.05) is 0 Å².